The van der Waals surface area contributed by atoms with Crippen molar-refractivity contribution < 1.29 is 9.53 Å². The van der Waals surface area contributed by atoms with Crippen molar-refractivity contribution in [2.24, 2.45) is 11.8 Å². The van der Waals surface area contributed by atoms with Gasteiger partial charge >= 0.3 is 6.03 Å². The van der Waals surface area contributed by atoms with Crippen molar-refractivity contribution >= 4 is 6.03 Å². The summed E-state index contributed by atoms with van der Waals surface area (Å²) in [5.74, 6) is 2.35. The molecule has 2 amide bonds. The zero-order chi connectivity index (χ0) is 15.1. The second kappa shape index (κ2) is 5.49. The van der Waals surface area contributed by atoms with Crippen LogP contribution in [0.1, 0.15) is 43.7 Å². The number of carbonyl (C=O) groups is 1. The Morgan fingerprint density at radius 2 is 1.95 bits per heavy atom. The average Bonchev–Trinajstić information content (AvgIpc) is 3.37. The molecule has 1 aromatic rings. The molecule has 0 bridgehead atoms. The van der Waals surface area contributed by atoms with Crippen LogP contribution in [0, 0.1) is 11.8 Å². The minimum Gasteiger partial charge on any atom is -0.497 e. The molecular weight excluding hydrogens is 276 g/mol. The van der Waals surface area contributed by atoms with Crippen molar-refractivity contribution in [3.8, 4) is 5.75 Å². The molecule has 0 unspecified atom stereocenters. The molecule has 4 heteroatoms. The van der Waals surface area contributed by atoms with Crippen LogP contribution in [0.4, 0.5) is 4.79 Å². The number of carbonyl (C=O) groups excluding carboxylic acids is 1. The lowest BCUT2D eigenvalue weighted by molar-refractivity contribution is 0.110. The number of nitrogens with one attached hydrogen (secondary N) is 1. The van der Waals surface area contributed by atoms with Crippen LogP contribution in [-0.2, 0) is 0 Å². The van der Waals surface area contributed by atoms with Gasteiger partial charge in [-0.2, -0.15) is 0 Å². The summed E-state index contributed by atoms with van der Waals surface area (Å²) in [5.41, 5.74) is 1.18. The summed E-state index contributed by atoms with van der Waals surface area (Å²) in [6.45, 7) is 0.857. The van der Waals surface area contributed by atoms with Gasteiger partial charge in [-0.3, -0.25) is 0 Å². The molecule has 0 radical (unpaired) electrons. The van der Waals surface area contributed by atoms with Crippen molar-refractivity contribution in [1.29, 1.82) is 0 Å². The number of urea groups is 1. The summed E-state index contributed by atoms with van der Waals surface area (Å²) < 4.78 is 5.29. The molecule has 0 aromatic heterocycles. The Morgan fingerprint density at radius 3 is 2.50 bits per heavy atom. The Morgan fingerprint density at radius 1 is 1.23 bits per heavy atom. The zero-order valence-corrected chi connectivity index (χ0v) is 13.1. The van der Waals surface area contributed by atoms with Crippen molar-refractivity contribution in [1.82, 2.24) is 10.2 Å². The van der Waals surface area contributed by atoms with Crippen LogP contribution in [0.5, 0.6) is 5.75 Å². The molecule has 1 aromatic carbocycles. The third-order valence-corrected chi connectivity index (χ3v) is 5.31. The van der Waals surface area contributed by atoms with Gasteiger partial charge in [0.25, 0.3) is 0 Å². The van der Waals surface area contributed by atoms with Crippen LogP contribution < -0.4 is 10.1 Å². The van der Waals surface area contributed by atoms with Gasteiger partial charge in [-0.15, -0.1) is 0 Å². The molecule has 1 atom stereocenters. The van der Waals surface area contributed by atoms with Gasteiger partial charge in [-0.05, 0) is 61.6 Å². The fraction of sp³-hybridized carbons (Fsp3) is 0.611. The first-order chi connectivity index (χ1) is 10.8. The van der Waals surface area contributed by atoms with Crippen LogP contribution in [0.25, 0.3) is 0 Å². The molecule has 0 spiro atoms. The van der Waals surface area contributed by atoms with E-state index in [1.54, 1.807) is 7.11 Å². The highest BCUT2D eigenvalue weighted by Gasteiger charge is 2.44. The lowest BCUT2D eigenvalue weighted by Gasteiger charge is -2.42. The highest BCUT2D eigenvalue weighted by atomic mass is 16.5. The van der Waals surface area contributed by atoms with Crippen molar-refractivity contribution in [3.63, 3.8) is 0 Å². The van der Waals surface area contributed by atoms with E-state index in [-0.39, 0.29) is 12.1 Å². The second-order valence-electron chi connectivity index (χ2n) is 6.92. The number of ether oxygens (including phenoxy) is 1. The minimum absolute atomic E-state index is 0.128. The maximum atomic E-state index is 12.6. The van der Waals surface area contributed by atoms with Crippen LogP contribution >= 0.6 is 0 Å². The Balaban J connectivity index is 1.42. The van der Waals surface area contributed by atoms with Gasteiger partial charge < -0.3 is 15.0 Å². The smallest absolute Gasteiger partial charge is 0.318 e. The number of hydrogen-bond acceptors (Lipinski definition) is 2. The van der Waals surface area contributed by atoms with E-state index in [1.165, 1.54) is 31.2 Å². The first-order valence-electron chi connectivity index (χ1n) is 8.47. The lowest BCUT2D eigenvalue weighted by Crippen LogP contribution is -2.53. The SMILES string of the molecule is COc1cccc([C@H]2CCN2C(=O)NC(C2CC2)C2CC2)c1. The molecule has 2 saturated carbocycles. The monoisotopic (exact) mass is 300 g/mol. The minimum atomic E-state index is 0.128. The molecule has 4 rings (SSSR count). The average molecular weight is 300 g/mol. The Kier molecular flexibility index (Phi) is 3.47. The number of nitrogens with zero attached hydrogens (tertiary/aromatic N) is 1. The standard InChI is InChI=1S/C18H24N2O2/c1-22-15-4-2-3-14(11-15)16-9-10-20(16)18(21)19-17(12-5-6-12)13-7-8-13/h2-4,11-13,16-17H,5-10H2,1H3,(H,19,21)/t16-/m1/s1. The van der Waals surface area contributed by atoms with Crippen LogP contribution in [0.15, 0.2) is 24.3 Å². The summed E-state index contributed by atoms with van der Waals surface area (Å²) in [7, 11) is 1.68. The van der Waals surface area contributed by atoms with Crippen molar-refractivity contribution in [2.45, 2.75) is 44.2 Å². The summed E-state index contributed by atoms with van der Waals surface area (Å²) in [5, 5.41) is 3.33. The number of rotatable bonds is 5. The maximum Gasteiger partial charge on any atom is 0.318 e. The Hall–Kier alpha value is -1.71. The lowest BCUT2D eigenvalue weighted by atomic mass is 9.95. The van der Waals surface area contributed by atoms with Crippen molar-refractivity contribution in [2.75, 3.05) is 13.7 Å². The quantitative estimate of drug-likeness (QED) is 0.906. The molecule has 22 heavy (non-hydrogen) atoms. The van der Waals surface area contributed by atoms with Gasteiger partial charge in [0.15, 0.2) is 0 Å². The number of methoxy groups -OCH3 is 1. The van der Waals surface area contributed by atoms with E-state index in [9.17, 15) is 4.79 Å². The van der Waals surface area contributed by atoms with Crippen LogP contribution in [0.3, 0.4) is 0 Å². The van der Waals surface area contributed by atoms with Crippen LogP contribution in [-0.4, -0.2) is 30.6 Å². The molecule has 118 valence electrons. The van der Waals surface area contributed by atoms with E-state index in [4.69, 9.17) is 4.74 Å². The molecule has 3 aliphatic rings. The predicted octanol–water partition coefficient (Wildman–Crippen LogP) is 3.34. The molecule has 1 saturated heterocycles. The fourth-order valence-corrected chi connectivity index (χ4v) is 3.58. The summed E-state index contributed by atoms with van der Waals surface area (Å²) in [6, 6.07) is 8.84. The van der Waals surface area contributed by atoms with E-state index in [2.05, 4.69) is 11.4 Å². The third kappa shape index (κ3) is 2.67. The normalized spacial score (nSPS) is 24.1. The molecular formula is C18H24N2O2. The Bertz CT molecular complexity index is 554. The number of benzene rings is 1. The topological polar surface area (TPSA) is 41.6 Å². The first kappa shape index (κ1) is 13.9. The first-order valence-corrected chi connectivity index (χ1v) is 8.47. The fourth-order valence-electron chi connectivity index (χ4n) is 3.58. The van der Waals surface area contributed by atoms with E-state index < -0.39 is 0 Å². The van der Waals surface area contributed by atoms with Gasteiger partial charge in [0.05, 0.1) is 13.2 Å². The summed E-state index contributed by atoms with van der Waals surface area (Å²) in [6.07, 6.45) is 6.21. The summed E-state index contributed by atoms with van der Waals surface area (Å²) >= 11 is 0. The van der Waals surface area contributed by atoms with E-state index >= 15 is 0 Å². The third-order valence-electron chi connectivity index (χ3n) is 5.31. The molecule has 1 heterocycles. The number of hydrogen-bond donors (Lipinski definition) is 1. The molecule has 3 fully saturated rings. The van der Waals surface area contributed by atoms with Gasteiger partial charge in [-0.25, -0.2) is 4.79 Å². The number of amides is 2. The second-order valence-corrected chi connectivity index (χ2v) is 6.92. The highest BCUT2D eigenvalue weighted by molar-refractivity contribution is 5.76. The molecule has 4 nitrogen and oxygen atoms in total. The van der Waals surface area contributed by atoms with Crippen LogP contribution in [0.2, 0.25) is 0 Å². The van der Waals surface area contributed by atoms with E-state index in [0.29, 0.717) is 6.04 Å². The zero-order valence-electron chi connectivity index (χ0n) is 13.1. The van der Waals surface area contributed by atoms with Gasteiger partial charge in [0, 0.05) is 12.6 Å². The summed E-state index contributed by atoms with van der Waals surface area (Å²) in [4.78, 5) is 14.6. The predicted molar refractivity (Wildman–Crippen MR) is 84.8 cm³/mol. The van der Waals surface area contributed by atoms with E-state index in [1.807, 2.05) is 23.1 Å². The molecule has 1 aliphatic heterocycles. The van der Waals surface area contributed by atoms with Gasteiger partial charge in [-0.1, -0.05) is 12.1 Å². The van der Waals surface area contributed by atoms with Crippen molar-refractivity contribution in [3.05, 3.63) is 29.8 Å². The largest absolute Gasteiger partial charge is 0.497 e. The van der Waals surface area contributed by atoms with Gasteiger partial charge in [0.2, 0.25) is 0 Å². The molecule has 1 N–H and O–H groups in total. The van der Waals surface area contributed by atoms with E-state index in [0.717, 1.165) is 30.6 Å². The number of likely N-dealkylation sites (tertiary alicyclic amines) is 1. The maximum absolute atomic E-state index is 12.6. The van der Waals surface area contributed by atoms with Gasteiger partial charge in [0.1, 0.15) is 5.75 Å². The Labute approximate surface area is 131 Å². The molecule has 2 aliphatic carbocycles. The highest BCUT2D eigenvalue weighted by Crippen LogP contribution is 2.45.